The molecule has 0 aliphatic carbocycles. The van der Waals surface area contributed by atoms with Crippen LogP contribution in [0, 0.1) is 0 Å². The van der Waals surface area contributed by atoms with Crippen LogP contribution in [-0.4, -0.2) is 46.7 Å². The standard InChI is InChI=1S/C19H21N5O2/c1-26-19-22-9-15(10-23-19)18-16-6-14-11-24(4-2-3-20)17(25)7-12(14)5-13(16)8-21-18/h5-6,9-10H,2-4,7-8,11,20H2,1H3. The highest BCUT2D eigenvalue weighted by Gasteiger charge is 2.27. The van der Waals surface area contributed by atoms with E-state index in [1.165, 1.54) is 5.56 Å². The summed E-state index contributed by atoms with van der Waals surface area (Å²) in [6.07, 6.45) is 4.74. The largest absolute Gasteiger partial charge is 0.467 e. The van der Waals surface area contributed by atoms with E-state index in [9.17, 15) is 4.79 Å². The lowest BCUT2D eigenvalue weighted by Gasteiger charge is -2.29. The van der Waals surface area contributed by atoms with E-state index < -0.39 is 0 Å². The highest BCUT2D eigenvalue weighted by atomic mass is 16.5. The quantitative estimate of drug-likeness (QED) is 0.870. The van der Waals surface area contributed by atoms with Gasteiger partial charge in [0.2, 0.25) is 5.91 Å². The van der Waals surface area contributed by atoms with Gasteiger partial charge in [0.05, 0.1) is 25.8 Å². The second-order valence-corrected chi connectivity index (χ2v) is 6.54. The molecule has 0 saturated carbocycles. The predicted octanol–water partition coefficient (Wildman–Crippen LogP) is 1.07. The summed E-state index contributed by atoms with van der Waals surface area (Å²) in [5.41, 5.74) is 11.9. The van der Waals surface area contributed by atoms with E-state index in [2.05, 4.69) is 27.1 Å². The van der Waals surface area contributed by atoms with Gasteiger partial charge in [-0.3, -0.25) is 9.79 Å². The average Bonchev–Trinajstić information content (AvgIpc) is 3.07. The topological polar surface area (TPSA) is 93.7 Å². The van der Waals surface area contributed by atoms with E-state index in [0.29, 0.717) is 38.6 Å². The molecule has 26 heavy (non-hydrogen) atoms. The molecule has 0 fully saturated rings. The van der Waals surface area contributed by atoms with Crippen LogP contribution >= 0.6 is 0 Å². The number of hydrogen-bond donors (Lipinski definition) is 1. The zero-order valence-electron chi connectivity index (χ0n) is 14.7. The van der Waals surface area contributed by atoms with Crippen molar-refractivity contribution < 1.29 is 9.53 Å². The number of aliphatic imine (C=N–C) groups is 1. The van der Waals surface area contributed by atoms with Crippen LogP contribution in [0.5, 0.6) is 6.01 Å². The Morgan fingerprint density at radius 2 is 2.00 bits per heavy atom. The minimum Gasteiger partial charge on any atom is -0.467 e. The molecule has 2 aromatic rings. The molecule has 0 unspecified atom stereocenters. The Labute approximate surface area is 151 Å². The van der Waals surface area contributed by atoms with Gasteiger partial charge in [-0.2, -0.15) is 0 Å². The number of amides is 1. The van der Waals surface area contributed by atoms with Crippen molar-refractivity contribution in [2.75, 3.05) is 20.2 Å². The summed E-state index contributed by atoms with van der Waals surface area (Å²) < 4.78 is 5.02. The van der Waals surface area contributed by atoms with Gasteiger partial charge < -0.3 is 15.4 Å². The van der Waals surface area contributed by atoms with Crippen LogP contribution in [-0.2, 0) is 24.3 Å². The molecule has 1 amide bonds. The number of benzene rings is 1. The molecule has 2 aliphatic heterocycles. The van der Waals surface area contributed by atoms with Gasteiger partial charge in [0, 0.05) is 36.6 Å². The van der Waals surface area contributed by atoms with E-state index >= 15 is 0 Å². The summed E-state index contributed by atoms with van der Waals surface area (Å²) in [6, 6.07) is 4.64. The Balaban J connectivity index is 1.64. The first kappa shape index (κ1) is 16.7. The number of methoxy groups -OCH3 is 1. The van der Waals surface area contributed by atoms with E-state index in [1.54, 1.807) is 19.5 Å². The van der Waals surface area contributed by atoms with Crippen molar-refractivity contribution in [3.8, 4) is 6.01 Å². The van der Waals surface area contributed by atoms with Crippen molar-refractivity contribution >= 4 is 11.6 Å². The fourth-order valence-corrected chi connectivity index (χ4v) is 3.50. The van der Waals surface area contributed by atoms with Crippen molar-refractivity contribution in [1.29, 1.82) is 0 Å². The molecule has 1 aromatic heterocycles. The van der Waals surface area contributed by atoms with Crippen molar-refractivity contribution in [2.45, 2.75) is 25.9 Å². The molecule has 7 heteroatoms. The number of carbonyl (C=O) groups is 1. The first-order valence-corrected chi connectivity index (χ1v) is 8.73. The third kappa shape index (κ3) is 2.94. The molecule has 2 aliphatic rings. The number of nitrogens with zero attached hydrogens (tertiary/aromatic N) is 4. The van der Waals surface area contributed by atoms with E-state index in [4.69, 9.17) is 10.5 Å². The molecule has 7 nitrogen and oxygen atoms in total. The SMILES string of the molecule is COc1ncc(C2=NCc3cc4c(cc32)CN(CCCN)C(=O)C4)cn1. The van der Waals surface area contributed by atoms with Crippen LogP contribution in [0.2, 0.25) is 0 Å². The zero-order chi connectivity index (χ0) is 18.1. The second kappa shape index (κ2) is 6.84. The van der Waals surface area contributed by atoms with Crippen LogP contribution in [0.4, 0.5) is 0 Å². The van der Waals surface area contributed by atoms with Crippen LogP contribution in [0.15, 0.2) is 29.5 Å². The molecule has 134 valence electrons. The molecule has 2 N–H and O–H groups in total. The maximum atomic E-state index is 12.3. The number of carbonyl (C=O) groups excluding carboxylic acids is 1. The van der Waals surface area contributed by atoms with Gasteiger partial charge in [-0.15, -0.1) is 0 Å². The lowest BCUT2D eigenvalue weighted by Crippen LogP contribution is -2.37. The second-order valence-electron chi connectivity index (χ2n) is 6.54. The molecule has 0 saturated heterocycles. The van der Waals surface area contributed by atoms with Gasteiger partial charge in [-0.25, -0.2) is 9.97 Å². The van der Waals surface area contributed by atoms with Gasteiger partial charge >= 0.3 is 6.01 Å². The van der Waals surface area contributed by atoms with Crippen molar-refractivity contribution in [3.05, 3.63) is 52.3 Å². The van der Waals surface area contributed by atoms with Crippen molar-refractivity contribution in [3.63, 3.8) is 0 Å². The zero-order valence-corrected chi connectivity index (χ0v) is 14.7. The van der Waals surface area contributed by atoms with Crippen LogP contribution in [0.3, 0.4) is 0 Å². The van der Waals surface area contributed by atoms with E-state index in [0.717, 1.165) is 34.4 Å². The Hall–Kier alpha value is -2.80. The summed E-state index contributed by atoms with van der Waals surface area (Å²) in [7, 11) is 1.54. The van der Waals surface area contributed by atoms with Gasteiger partial charge in [0.15, 0.2) is 0 Å². The Bertz CT molecular complexity index is 876. The Kier molecular flexibility index (Phi) is 4.38. The smallest absolute Gasteiger partial charge is 0.316 e. The third-order valence-corrected chi connectivity index (χ3v) is 4.86. The normalized spacial score (nSPS) is 15.5. The molecule has 1 aromatic carbocycles. The summed E-state index contributed by atoms with van der Waals surface area (Å²) in [6.45, 7) is 2.55. The lowest BCUT2D eigenvalue weighted by molar-refractivity contribution is -0.131. The van der Waals surface area contributed by atoms with Crippen LogP contribution in [0.1, 0.15) is 34.2 Å². The molecular weight excluding hydrogens is 330 g/mol. The Morgan fingerprint density at radius 1 is 1.19 bits per heavy atom. The summed E-state index contributed by atoms with van der Waals surface area (Å²) in [5, 5.41) is 0. The number of hydrogen-bond acceptors (Lipinski definition) is 6. The van der Waals surface area contributed by atoms with Crippen molar-refractivity contribution in [2.24, 2.45) is 10.7 Å². The number of fused-ring (bicyclic) bond motifs is 2. The summed E-state index contributed by atoms with van der Waals surface area (Å²) in [5.74, 6) is 0.175. The Morgan fingerprint density at radius 3 is 2.73 bits per heavy atom. The molecule has 3 heterocycles. The van der Waals surface area contributed by atoms with Crippen LogP contribution in [0.25, 0.3) is 0 Å². The number of rotatable bonds is 5. The monoisotopic (exact) mass is 351 g/mol. The van der Waals surface area contributed by atoms with Crippen molar-refractivity contribution in [1.82, 2.24) is 14.9 Å². The minimum absolute atomic E-state index is 0.175. The average molecular weight is 351 g/mol. The number of nitrogens with two attached hydrogens (primary N) is 1. The predicted molar refractivity (Wildman–Crippen MR) is 97.2 cm³/mol. The maximum absolute atomic E-state index is 12.3. The van der Waals surface area contributed by atoms with Crippen LogP contribution < -0.4 is 10.5 Å². The van der Waals surface area contributed by atoms with E-state index in [-0.39, 0.29) is 5.91 Å². The molecule has 0 radical (unpaired) electrons. The molecule has 0 spiro atoms. The highest BCUT2D eigenvalue weighted by Crippen LogP contribution is 2.29. The minimum atomic E-state index is 0.175. The molecule has 0 bridgehead atoms. The number of aromatic nitrogens is 2. The fraction of sp³-hybridized carbons (Fsp3) is 0.368. The van der Waals surface area contributed by atoms with Gasteiger partial charge in [0.25, 0.3) is 0 Å². The van der Waals surface area contributed by atoms with E-state index in [1.807, 2.05) is 4.90 Å². The first-order valence-electron chi connectivity index (χ1n) is 8.73. The third-order valence-electron chi connectivity index (χ3n) is 4.86. The fourth-order valence-electron chi connectivity index (χ4n) is 3.50. The lowest BCUT2D eigenvalue weighted by atomic mass is 9.91. The first-order chi connectivity index (χ1) is 12.7. The number of ether oxygens (including phenoxy) is 1. The van der Waals surface area contributed by atoms with Gasteiger partial charge in [-0.05, 0) is 35.7 Å². The highest BCUT2D eigenvalue weighted by molar-refractivity contribution is 6.15. The molecule has 4 rings (SSSR count). The maximum Gasteiger partial charge on any atom is 0.316 e. The molecular formula is C19H21N5O2. The summed E-state index contributed by atoms with van der Waals surface area (Å²) >= 11 is 0. The van der Waals surface area contributed by atoms with Gasteiger partial charge in [-0.1, -0.05) is 6.07 Å². The van der Waals surface area contributed by atoms with Gasteiger partial charge in [0.1, 0.15) is 0 Å². The summed E-state index contributed by atoms with van der Waals surface area (Å²) in [4.78, 5) is 27.3. The molecule has 0 atom stereocenters.